The van der Waals surface area contributed by atoms with Gasteiger partial charge in [-0.1, -0.05) is 17.0 Å². The Morgan fingerprint density at radius 3 is 2.56 bits per heavy atom. The summed E-state index contributed by atoms with van der Waals surface area (Å²) in [5, 5.41) is 2.81. The van der Waals surface area contributed by atoms with Gasteiger partial charge < -0.3 is 10.1 Å². The lowest BCUT2D eigenvalue weighted by Crippen LogP contribution is -2.22. The molecule has 0 atom stereocenters. The van der Waals surface area contributed by atoms with Crippen LogP contribution < -0.4 is 10.2 Å². The van der Waals surface area contributed by atoms with E-state index in [1.807, 2.05) is 23.1 Å². The second kappa shape index (κ2) is 8.62. The Kier molecular flexibility index (Phi) is 6.22. The van der Waals surface area contributed by atoms with Crippen LogP contribution in [0.4, 0.5) is 5.69 Å². The number of nitrogens with one attached hydrogen (secondary N) is 2. The molecule has 27 heavy (non-hydrogen) atoms. The Morgan fingerprint density at radius 2 is 1.89 bits per heavy atom. The van der Waals surface area contributed by atoms with Gasteiger partial charge in [-0.15, -0.1) is 0 Å². The van der Waals surface area contributed by atoms with Crippen molar-refractivity contribution in [2.24, 2.45) is 5.92 Å². The summed E-state index contributed by atoms with van der Waals surface area (Å²) in [6, 6.07) is 13.1. The molecule has 8 heteroatoms. The monoisotopic (exact) mass is 390 g/mol. The molecule has 1 amide bonds. The van der Waals surface area contributed by atoms with Gasteiger partial charge >= 0.3 is 0 Å². The predicted octanol–water partition coefficient (Wildman–Crippen LogP) is 2.71. The number of ether oxygens (including phenoxy) is 1. The molecule has 1 saturated carbocycles. The molecule has 1 fully saturated rings. The molecule has 7 nitrogen and oxygen atoms in total. The molecule has 0 heterocycles. The van der Waals surface area contributed by atoms with Gasteiger partial charge in [0.15, 0.2) is 0 Å². The van der Waals surface area contributed by atoms with Crippen molar-refractivity contribution in [2.45, 2.75) is 24.3 Å². The molecule has 1 aliphatic rings. The van der Waals surface area contributed by atoms with E-state index >= 15 is 0 Å². The number of anilines is 1. The summed E-state index contributed by atoms with van der Waals surface area (Å²) >= 11 is 0. The molecule has 2 aromatic rings. The first kappa shape index (κ1) is 19.5. The lowest BCUT2D eigenvalue weighted by atomic mass is 10.2. The molecule has 1 aliphatic carbocycles. The van der Waals surface area contributed by atoms with E-state index in [2.05, 4.69) is 10.2 Å². The summed E-state index contributed by atoms with van der Waals surface area (Å²) in [4.78, 5) is 18.8. The van der Waals surface area contributed by atoms with Crippen LogP contribution in [-0.2, 0) is 26.2 Å². The zero-order valence-corrected chi connectivity index (χ0v) is 15.8. The van der Waals surface area contributed by atoms with Crippen LogP contribution in [0.2, 0.25) is 0 Å². The summed E-state index contributed by atoms with van der Waals surface area (Å²) in [5.74, 6) is 0.383. The average Bonchev–Trinajstić information content (AvgIpc) is 3.46. The van der Waals surface area contributed by atoms with E-state index in [1.165, 1.54) is 44.2 Å². The van der Waals surface area contributed by atoms with E-state index in [0.717, 1.165) is 12.2 Å². The first-order valence-electron chi connectivity index (χ1n) is 8.61. The van der Waals surface area contributed by atoms with Gasteiger partial charge in [0.05, 0.1) is 18.6 Å². The van der Waals surface area contributed by atoms with Gasteiger partial charge in [-0.25, -0.2) is 8.42 Å². The fraction of sp³-hybridized carbons (Fsp3) is 0.316. The van der Waals surface area contributed by atoms with Gasteiger partial charge in [0, 0.05) is 17.9 Å². The molecular weight excluding hydrogens is 368 g/mol. The number of sulfonamides is 1. The highest BCUT2D eigenvalue weighted by Crippen LogP contribution is 2.29. The normalized spacial score (nSPS) is 14.1. The second-order valence-corrected chi connectivity index (χ2v) is 8.07. The summed E-state index contributed by atoms with van der Waals surface area (Å²) in [7, 11) is -2.53. The summed E-state index contributed by atoms with van der Waals surface area (Å²) in [6.45, 7) is 1.29. The van der Waals surface area contributed by atoms with Crippen LogP contribution in [0.5, 0.6) is 0 Å². The van der Waals surface area contributed by atoms with Gasteiger partial charge in [0.1, 0.15) is 0 Å². The van der Waals surface area contributed by atoms with E-state index in [9.17, 15) is 13.2 Å². The van der Waals surface area contributed by atoms with Crippen LogP contribution in [0.15, 0.2) is 53.4 Å². The second-order valence-electron chi connectivity index (χ2n) is 6.43. The van der Waals surface area contributed by atoms with E-state index in [-0.39, 0.29) is 10.8 Å². The van der Waals surface area contributed by atoms with E-state index in [0.29, 0.717) is 23.8 Å². The van der Waals surface area contributed by atoms with Gasteiger partial charge in [0.25, 0.3) is 15.9 Å². The smallest absolute Gasteiger partial charge is 0.262 e. The number of amides is 1. The average molecular weight is 390 g/mol. The minimum Gasteiger partial charge on any atom is -0.376 e. The van der Waals surface area contributed by atoms with Crippen molar-refractivity contribution in [3.05, 3.63) is 59.7 Å². The van der Waals surface area contributed by atoms with Crippen molar-refractivity contribution in [3.8, 4) is 0 Å². The lowest BCUT2D eigenvalue weighted by molar-refractivity contribution is 0.102. The molecule has 2 N–H and O–H groups in total. The number of carbonyl (C=O) groups is 1. The Balaban J connectivity index is 1.61. The highest BCUT2D eigenvalue weighted by atomic mass is 32.2. The van der Waals surface area contributed by atoms with Crippen LogP contribution in [0.25, 0.3) is 0 Å². The highest BCUT2D eigenvalue weighted by molar-refractivity contribution is 7.89. The maximum Gasteiger partial charge on any atom is 0.262 e. The Labute approximate surface area is 158 Å². The zero-order chi connectivity index (χ0) is 19.3. The molecule has 2 aromatic carbocycles. The number of rotatable bonds is 9. The molecule has 0 spiro atoms. The Hall–Kier alpha value is -2.26. The number of hydrogen-bond donors (Lipinski definition) is 2. The highest BCUT2D eigenvalue weighted by Gasteiger charge is 2.21. The molecule has 0 aliphatic heterocycles. The van der Waals surface area contributed by atoms with Crippen molar-refractivity contribution < 1.29 is 22.8 Å². The van der Waals surface area contributed by atoms with E-state index < -0.39 is 10.0 Å². The number of carbonyl (C=O) groups excluding carboxylic acids is 1. The van der Waals surface area contributed by atoms with Gasteiger partial charge in [-0.3, -0.25) is 9.63 Å². The van der Waals surface area contributed by atoms with Crippen molar-refractivity contribution in [1.29, 1.82) is 0 Å². The van der Waals surface area contributed by atoms with Gasteiger partial charge in [-0.2, -0.15) is 0 Å². The quantitative estimate of drug-likeness (QED) is 0.642. The van der Waals surface area contributed by atoms with Crippen molar-refractivity contribution in [1.82, 2.24) is 4.89 Å². The molecule has 144 valence electrons. The van der Waals surface area contributed by atoms with Crippen LogP contribution in [0.3, 0.4) is 0 Å². The molecular formula is C19H22N2O5S. The molecule has 0 aromatic heterocycles. The first-order valence-corrected chi connectivity index (χ1v) is 10.1. The third-order valence-corrected chi connectivity index (χ3v) is 5.40. The summed E-state index contributed by atoms with van der Waals surface area (Å²) in [6.07, 6.45) is 2.50. The summed E-state index contributed by atoms with van der Waals surface area (Å²) in [5.41, 5.74) is 1.99. The van der Waals surface area contributed by atoms with Crippen LogP contribution in [-0.4, -0.2) is 28.0 Å². The SMILES string of the molecule is CONS(=O)(=O)c1ccc(C(=O)Nc2cccc(COCC3CC3)c2)cc1. The Morgan fingerprint density at radius 1 is 1.15 bits per heavy atom. The first-order chi connectivity index (χ1) is 13.0. The van der Waals surface area contributed by atoms with Crippen LogP contribution in [0, 0.1) is 5.92 Å². The standard InChI is InChI=1S/C19H22N2O5S/c1-25-21-27(23,24)18-9-7-16(8-10-18)19(22)20-17-4-2-3-15(11-17)13-26-12-14-5-6-14/h2-4,7-11,14,21H,5-6,12-13H2,1H3,(H,20,22). The van der Waals surface area contributed by atoms with Gasteiger partial charge in [0.2, 0.25) is 0 Å². The maximum atomic E-state index is 12.4. The van der Waals surface area contributed by atoms with Crippen molar-refractivity contribution in [3.63, 3.8) is 0 Å². The van der Waals surface area contributed by atoms with Gasteiger partial charge in [-0.05, 0) is 60.7 Å². The molecule has 0 saturated heterocycles. The molecule has 0 bridgehead atoms. The molecule has 0 radical (unpaired) electrons. The number of hydrogen-bond acceptors (Lipinski definition) is 5. The minimum atomic E-state index is -3.75. The fourth-order valence-electron chi connectivity index (χ4n) is 2.51. The minimum absolute atomic E-state index is 0.00992. The molecule has 0 unspecified atom stereocenters. The fourth-order valence-corrected chi connectivity index (χ4v) is 3.32. The van der Waals surface area contributed by atoms with Crippen molar-refractivity contribution >= 4 is 21.6 Å². The van der Waals surface area contributed by atoms with E-state index in [4.69, 9.17) is 4.74 Å². The topological polar surface area (TPSA) is 93.7 Å². The Bertz CT molecular complexity index is 893. The van der Waals surface area contributed by atoms with Crippen molar-refractivity contribution in [2.75, 3.05) is 19.0 Å². The number of benzene rings is 2. The predicted molar refractivity (Wildman–Crippen MR) is 101 cm³/mol. The van der Waals surface area contributed by atoms with Crippen LogP contribution in [0.1, 0.15) is 28.8 Å². The summed E-state index contributed by atoms with van der Waals surface area (Å²) < 4.78 is 29.3. The van der Waals surface area contributed by atoms with E-state index in [1.54, 1.807) is 6.07 Å². The third kappa shape index (κ3) is 5.61. The lowest BCUT2D eigenvalue weighted by Gasteiger charge is -2.09. The largest absolute Gasteiger partial charge is 0.376 e. The van der Waals surface area contributed by atoms with Crippen LogP contribution >= 0.6 is 0 Å². The third-order valence-electron chi connectivity index (χ3n) is 4.12. The molecule has 3 rings (SSSR count). The maximum absolute atomic E-state index is 12.4. The zero-order valence-electron chi connectivity index (χ0n) is 15.0.